The Labute approximate surface area is 104 Å². The molecule has 0 aromatic rings. The smallest absolute Gasteiger partial charge is 0.382 e. The Morgan fingerprint density at radius 1 is 1.33 bits per heavy atom. The Kier molecular flexibility index (Phi) is 5.40. The van der Waals surface area contributed by atoms with E-state index in [9.17, 15) is 18.0 Å². The summed E-state index contributed by atoms with van der Waals surface area (Å²) < 4.78 is 36.2. The van der Waals surface area contributed by atoms with Crippen molar-refractivity contribution >= 4 is 5.91 Å². The Morgan fingerprint density at radius 3 is 2.56 bits per heavy atom. The molecular formula is C11H19F3N2O2. The molecule has 0 aliphatic heterocycles. The van der Waals surface area contributed by atoms with Gasteiger partial charge in [0.2, 0.25) is 5.91 Å². The number of aliphatic hydroxyl groups is 1. The van der Waals surface area contributed by atoms with E-state index in [1.807, 2.05) is 0 Å². The van der Waals surface area contributed by atoms with Gasteiger partial charge in [0.1, 0.15) is 0 Å². The number of hydrogen-bond acceptors (Lipinski definition) is 3. The first-order valence-corrected chi connectivity index (χ1v) is 6.10. The zero-order valence-electron chi connectivity index (χ0n) is 10.0. The molecule has 0 saturated heterocycles. The summed E-state index contributed by atoms with van der Waals surface area (Å²) in [6, 6.07) is -0.310. The fourth-order valence-corrected chi connectivity index (χ4v) is 2.11. The molecule has 4 nitrogen and oxygen atoms in total. The minimum absolute atomic E-state index is 0.310. The van der Waals surface area contributed by atoms with Crippen molar-refractivity contribution in [1.82, 2.24) is 5.32 Å². The van der Waals surface area contributed by atoms with Gasteiger partial charge in [-0.25, -0.2) is 0 Å². The standard InChI is InChI=1S/C11H19F3N2O2/c12-11(13,14)9(17)6-16-10(18)7-4-2-1-3-5-8(7)15/h7-9,17H,1-6,15H2,(H,16,18). The van der Waals surface area contributed by atoms with Crippen LogP contribution in [0.25, 0.3) is 0 Å². The van der Waals surface area contributed by atoms with Crippen LogP contribution in [0, 0.1) is 5.92 Å². The first-order chi connectivity index (χ1) is 8.32. The first-order valence-electron chi connectivity index (χ1n) is 6.10. The highest BCUT2D eigenvalue weighted by molar-refractivity contribution is 5.79. The lowest BCUT2D eigenvalue weighted by Crippen LogP contribution is -2.46. The summed E-state index contributed by atoms with van der Waals surface area (Å²) in [5.41, 5.74) is 5.83. The number of amides is 1. The Bertz CT molecular complexity index is 284. The van der Waals surface area contributed by atoms with Gasteiger partial charge in [-0.2, -0.15) is 13.2 Å². The van der Waals surface area contributed by atoms with Crippen molar-refractivity contribution in [2.45, 2.75) is 50.4 Å². The molecule has 1 amide bonds. The van der Waals surface area contributed by atoms with Crippen LogP contribution in [-0.2, 0) is 4.79 Å². The third kappa shape index (κ3) is 4.45. The van der Waals surface area contributed by atoms with Gasteiger partial charge >= 0.3 is 6.18 Å². The van der Waals surface area contributed by atoms with Crippen molar-refractivity contribution in [2.75, 3.05) is 6.54 Å². The average Bonchev–Trinajstić information content (AvgIpc) is 2.49. The zero-order chi connectivity index (χ0) is 13.8. The van der Waals surface area contributed by atoms with Crippen molar-refractivity contribution in [1.29, 1.82) is 0 Å². The maximum absolute atomic E-state index is 12.1. The molecule has 3 unspecified atom stereocenters. The average molecular weight is 268 g/mol. The largest absolute Gasteiger partial charge is 0.416 e. The number of carbonyl (C=O) groups is 1. The molecular weight excluding hydrogens is 249 g/mol. The van der Waals surface area contributed by atoms with Gasteiger partial charge in [0, 0.05) is 6.04 Å². The van der Waals surface area contributed by atoms with Gasteiger partial charge in [-0.05, 0) is 12.8 Å². The minimum atomic E-state index is -4.71. The fourth-order valence-electron chi connectivity index (χ4n) is 2.11. The second-order valence-electron chi connectivity index (χ2n) is 4.71. The fraction of sp³-hybridized carbons (Fsp3) is 0.909. The number of nitrogens with two attached hydrogens (primary N) is 1. The summed E-state index contributed by atoms with van der Waals surface area (Å²) in [6.45, 7) is -0.814. The van der Waals surface area contributed by atoms with Gasteiger partial charge in [0.25, 0.3) is 0 Å². The van der Waals surface area contributed by atoms with Gasteiger partial charge in [0.15, 0.2) is 6.10 Å². The number of hydrogen-bond donors (Lipinski definition) is 3. The normalized spacial score (nSPS) is 27.4. The van der Waals surface area contributed by atoms with E-state index in [0.29, 0.717) is 12.8 Å². The lowest BCUT2D eigenvalue weighted by Gasteiger charge is -2.22. The summed E-state index contributed by atoms with van der Waals surface area (Å²) in [4.78, 5) is 11.7. The molecule has 0 spiro atoms. The van der Waals surface area contributed by atoms with Gasteiger partial charge in [0.05, 0.1) is 12.5 Å². The van der Waals surface area contributed by atoms with Gasteiger partial charge in [-0.1, -0.05) is 19.3 Å². The lowest BCUT2D eigenvalue weighted by atomic mass is 9.94. The van der Waals surface area contributed by atoms with Crippen LogP contribution in [0.15, 0.2) is 0 Å². The lowest BCUT2D eigenvalue weighted by molar-refractivity contribution is -0.202. The van der Waals surface area contributed by atoms with Crippen LogP contribution >= 0.6 is 0 Å². The van der Waals surface area contributed by atoms with Gasteiger partial charge in [-0.3, -0.25) is 4.79 Å². The molecule has 0 radical (unpaired) electrons. The molecule has 7 heteroatoms. The van der Waals surface area contributed by atoms with Gasteiger partial charge in [-0.15, -0.1) is 0 Å². The van der Waals surface area contributed by atoms with Crippen molar-refractivity contribution in [3.63, 3.8) is 0 Å². The second-order valence-corrected chi connectivity index (χ2v) is 4.71. The summed E-state index contributed by atoms with van der Waals surface area (Å²) >= 11 is 0. The minimum Gasteiger partial charge on any atom is -0.382 e. The third-order valence-electron chi connectivity index (χ3n) is 3.25. The molecule has 18 heavy (non-hydrogen) atoms. The van der Waals surface area contributed by atoms with Crippen LogP contribution in [0.3, 0.4) is 0 Å². The van der Waals surface area contributed by atoms with Crippen LogP contribution < -0.4 is 11.1 Å². The molecule has 106 valence electrons. The van der Waals surface area contributed by atoms with E-state index in [-0.39, 0.29) is 6.04 Å². The topological polar surface area (TPSA) is 75.4 Å². The van der Waals surface area contributed by atoms with E-state index in [0.717, 1.165) is 19.3 Å². The van der Waals surface area contributed by atoms with E-state index in [2.05, 4.69) is 5.32 Å². The van der Waals surface area contributed by atoms with E-state index in [4.69, 9.17) is 10.8 Å². The van der Waals surface area contributed by atoms with Crippen LogP contribution in [-0.4, -0.2) is 35.9 Å². The Morgan fingerprint density at radius 2 is 1.94 bits per heavy atom. The van der Waals surface area contributed by atoms with Crippen LogP contribution in [0.2, 0.25) is 0 Å². The summed E-state index contributed by atoms with van der Waals surface area (Å²) in [7, 11) is 0. The molecule has 1 rings (SSSR count). The second kappa shape index (κ2) is 6.38. The first kappa shape index (κ1) is 15.2. The molecule has 4 N–H and O–H groups in total. The van der Waals surface area contributed by atoms with Crippen molar-refractivity contribution in [3.8, 4) is 0 Å². The highest BCUT2D eigenvalue weighted by atomic mass is 19.4. The monoisotopic (exact) mass is 268 g/mol. The molecule has 1 fully saturated rings. The molecule has 0 heterocycles. The highest BCUT2D eigenvalue weighted by Gasteiger charge is 2.38. The number of alkyl halides is 3. The molecule has 0 aromatic heterocycles. The SMILES string of the molecule is NC1CCCCCC1C(=O)NCC(O)C(F)(F)F. The van der Waals surface area contributed by atoms with E-state index in [1.54, 1.807) is 0 Å². The predicted octanol–water partition coefficient (Wildman–Crippen LogP) is 0.933. The van der Waals surface area contributed by atoms with E-state index >= 15 is 0 Å². The number of rotatable bonds is 3. The third-order valence-corrected chi connectivity index (χ3v) is 3.25. The number of aliphatic hydroxyl groups excluding tert-OH is 1. The maximum Gasteiger partial charge on any atom is 0.416 e. The quantitative estimate of drug-likeness (QED) is 0.667. The number of halogens is 3. The van der Waals surface area contributed by atoms with Crippen molar-refractivity contribution < 1.29 is 23.1 Å². The van der Waals surface area contributed by atoms with Crippen LogP contribution in [0.4, 0.5) is 13.2 Å². The summed E-state index contributed by atoms with van der Waals surface area (Å²) in [5, 5.41) is 10.9. The van der Waals surface area contributed by atoms with Crippen LogP contribution in [0.5, 0.6) is 0 Å². The molecule has 0 bridgehead atoms. The molecule has 3 atom stereocenters. The van der Waals surface area contributed by atoms with Gasteiger partial charge < -0.3 is 16.2 Å². The highest BCUT2D eigenvalue weighted by Crippen LogP contribution is 2.23. The summed E-state index contributed by atoms with van der Waals surface area (Å²) in [5.74, 6) is -0.944. The van der Waals surface area contributed by atoms with Crippen LogP contribution in [0.1, 0.15) is 32.1 Å². The number of carbonyl (C=O) groups excluding carboxylic acids is 1. The predicted molar refractivity (Wildman–Crippen MR) is 59.6 cm³/mol. The molecule has 1 aliphatic rings. The Hall–Kier alpha value is -0.820. The molecule has 1 saturated carbocycles. The zero-order valence-corrected chi connectivity index (χ0v) is 10.0. The van der Waals surface area contributed by atoms with Crippen molar-refractivity contribution in [2.24, 2.45) is 11.7 Å². The molecule has 0 aromatic carbocycles. The number of nitrogens with one attached hydrogen (secondary N) is 1. The van der Waals surface area contributed by atoms with E-state index in [1.165, 1.54) is 0 Å². The Balaban J connectivity index is 2.44. The maximum atomic E-state index is 12.1. The summed E-state index contributed by atoms with van der Waals surface area (Å²) in [6.07, 6.45) is -3.15. The van der Waals surface area contributed by atoms with Crippen molar-refractivity contribution in [3.05, 3.63) is 0 Å². The van der Waals surface area contributed by atoms with E-state index < -0.39 is 30.7 Å². The molecule has 1 aliphatic carbocycles.